The highest BCUT2D eigenvalue weighted by molar-refractivity contribution is 5.92. The average Bonchev–Trinajstić information content (AvgIpc) is 3.27. The molecule has 6 nitrogen and oxygen atoms in total. The Morgan fingerprint density at radius 3 is 2.68 bits per heavy atom. The molecular formula is C25H31N3O3. The SMILES string of the molecule is COCC1CCN(Cc2c(OC)cc(C)c3[nH]ccc23)[C@H](c2ccc(C(N)=O)cc2)C1. The largest absolute Gasteiger partial charge is 0.496 e. The molecule has 3 N–H and O–H groups in total. The standard InChI is InChI=1S/C25H31N3O3/c1-16-12-23(31-3)21(20-8-10-27-24(16)20)14-28-11-9-17(15-30-2)13-22(28)18-4-6-19(7-5-18)25(26)29/h4-8,10,12,17,22,27H,9,11,13-15H2,1-3H3,(H2,26,29)/t17?,22-/m0/s1. The highest BCUT2D eigenvalue weighted by Gasteiger charge is 2.31. The van der Waals surface area contributed by atoms with Crippen LogP contribution in [0.25, 0.3) is 10.9 Å². The van der Waals surface area contributed by atoms with Gasteiger partial charge in [0.15, 0.2) is 0 Å². The molecule has 4 rings (SSSR count). The van der Waals surface area contributed by atoms with Gasteiger partial charge in [-0.3, -0.25) is 9.69 Å². The fraction of sp³-hybridized carbons (Fsp3) is 0.400. The minimum atomic E-state index is -0.399. The first kappa shape index (κ1) is 21.4. The van der Waals surface area contributed by atoms with Crippen LogP contribution in [0.3, 0.4) is 0 Å². The summed E-state index contributed by atoms with van der Waals surface area (Å²) in [5.74, 6) is 1.03. The number of likely N-dealkylation sites (tertiary alicyclic amines) is 1. The van der Waals surface area contributed by atoms with E-state index in [0.29, 0.717) is 11.5 Å². The number of ether oxygens (including phenoxy) is 2. The van der Waals surface area contributed by atoms with E-state index in [4.69, 9.17) is 15.2 Å². The third kappa shape index (κ3) is 4.31. The lowest BCUT2D eigenvalue weighted by Gasteiger charge is -2.40. The number of fused-ring (bicyclic) bond motifs is 1. The van der Waals surface area contributed by atoms with E-state index >= 15 is 0 Å². The maximum atomic E-state index is 11.5. The number of carbonyl (C=O) groups is 1. The maximum Gasteiger partial charge on any atom is 0.248 e. The number of primary amides is 1. The molecule has 2 aromatic carbocycles. The number of methoxy groups -OCH3 is 2. The van der Waals surface area contributed by atoms with Gasteiger partial charge in [-0.05, 0) is 67.6 Å². The van der Waals surface area contributed by atoms with Gasteiger partial charge in [-0.15, -0.1) is 0 Å². The Labute approximate surface area is 183 Å². The van der Waals surface area contributed by atoms with Crippen LogP contribution >= 0.6 is 0 Å². The zero-order valence-corrected chi connectivity index (χ0v) is 18.5. The summed E-state index contributed by atoms with van der Waals surface area (Å²) in [6.45, 7) is 4.63. The number of aromatic nitrogens is 1. The molecule has 3 aromatic rings. The first-order valence-corrected chi connectivity index (χ1v) is 10.8. The lowest BCUT2D eigenvalue weighted by molar-refractivity contribution is 0.0579. The van der Waals surface area contributed by atoms with Crippen LogP contribution in [0.15, 0.2) is 42.6 Å². The molecule has 0 bridgehead atoms. The lowest BCUT2D eigenvalue weighted by atomic mass is 9.86. The molecule has 1 aromatic heterocycles. The van der Waals surface area contributed by atoms with E-state index in [1.807, 2.05) is 30.5 Å². The molecule has 1 unspecified atom stereocenters. The first-order chi connectivity index (χ1) is 15.0. The molecule has 2 atom stereocenters. The van der Waals surface area contributed by atoms with Crippen LogP contribution in [0.2, 0.25) is 0 Å². The Bertz CT molecular complexity index is 1060. The normalized spacial score (nSPS) is 19.6. The summed E-state index contributed by atoms with van der Waals surface area (Å²) in [6, 6.07) is 12.2. The number of rotatable bonds is 7. The van der Waals surface area contributed by atoms with E-state index in [2.05, 4.69) is 28.9 Å². The van der Waals surface area contributed by atoms with Crippen molar-refractivity contribution in [2.75, 3.05) is 27.4 Å². The molecule has 1 fully saturated rings. The van der Waals surface area contributed by atoms with Gasteiger partial charge in [0.05, 0.1) is 7.11 Å². The summed E-state index contributed by atoms with van der Waals surface area (Å²) in [5.41, 5.74) is 10.7. The first-order valence-electron chi connectivity index (χ1n) is 10.8. The van der Waals surface area contributed by atoms with Crippen LogP contribution in [0, 0.1) is 12.8 Å². The molecule has 0 saturated carbocycles. The topological polar surface area (TPSA) is 80.6 Å². The van der Waals surface area contributed by atoms with E-state index in [1.54, 1.807) is 14.2 Å². The molecule has 0 radical (unpaired) electrons. The number of benzene rings is 2. The number of amides is 1. The fourth-order valence-corrected chi connectivity index (χ4v) is 4.86. The summed E-state index contributed by atoms with van der Waals surface area (Å²) in [6.07, 6.45) is 4.09. The van der Waals surface area contributed by atoms with Crippen molar-refractivity contribution in [2.24, 2.45) is 11.7 Å². The third-order valence-corrected chi connectivity index (χ3v) is 6.50. The predicted molar refractivity (Wildman–Crippen MR) is 122 cm³/mol. The van der Waals surface area contributed by atoms with Crippen molar-refractivity contribution in [1.82, 2.24) is 9.88 Å². The molecular weight excluding hydrogens is 390 g/mol. The Balaban J connectivity index is 1.69. The van der Waals surface area contributed by atoms with Gasteiger partial charge in [-0.1, -0.05) is 12.1 Å². The summed E-state index contributed by atoms with van der Waals surface area (Å²) in [5, 5.41) is 1.21. The summed E-state index contributed by atoms with van der Waals surface area (Å²) in [7, 11) is 3.50. The molecule has 2 heterocycles. The number of nitrogens with one attached hydrogen (secondary N) is 1. The van der Waals surface area contributed by atoms with Gasteiger partial charge in [0.25, 0.3) is 0 Å². The highest BCUT2D eigenvalue weighted by Crippen LogP contribution is 2.38. The number of nitrogens with zero attached hydrogens (tertiary/aromatic N) is 1. The second-order valence-electron chi connectivity index (χ2n) is 8.46. The van der Waals surface area contributed by atoms with Crippen molar-refractivity contribution in [3.8, 4) is 5.75 Å². The maximum absolute atomic E-state index is 11.5. The molecule has 1 amide bonds. The van der Waals surface area contributed by atoms with Crippen LogP contribution in [-0.2, 0) is 11.3 Å². The van der Waals surface area contributed by atoms with Crippen molar-refractivity contribution in [2.45, 2.75) is 32.4 Å². The smallest absolute Gasteiger partial charge is 0.248 e. The van der Waals surface area contributed by atoms with Crippen molar-refractivity contribution >= 4 is 16.8 Å². The van der Waals surface area contributed by atoms with Crippen LogP contribution in [0.5, 0.6) is 5.75 Å². The van der Waals surface area contributed by atoms with Gasteiger partial charge in [0.2, 0.25) is 5.91 Å². The number of H-pyrrole nitrogens is 1. The molecule has 0 spiro atoms. The minimum Gasteiger partial charge on any atom is -0.496 e. The third-order valence-electron chi connectivity index (χ3n) is 6.50. The summed E-state index contributed by atoms with van der Waals surface area (Å²) >= 11 is 0. The number of piperidine rings is 1. The summed E-state index contributed by atoms with van der Waals surface area (Å²) < 4.78 is 11.2. The van der Waals surface area contributed by atoms with E-state index in [9.17, 15) is 4.79 Å². The molecule has 6 heteroatoms. The molecule has 164 valence electrons. The molecule has 0 aliphatic carbocycles. The number of aryl methyl sites for hydroxylation is 1. The Morgan fingerprint density at radius 1 is 1.23 bits per heavy atom. The Hall–Kier alpha value is -2.83. The lowest BCUT2D eigenvalue weighted by Crippen LogP contribution is -2.37. The van der Waals surface area contributed by atoms with Gasteiger partial charge in [0, 0.05) is 54.5 Å². The number of nitrogens with two attached hydrogens (primary N) is 1. The zero-order chi connectivity index (χ0) is 22.0. The van der Waals surface area contributed by atoms with Gasteiger partial charge in [-0.25, -0.2) is 0 Å². The molecule has 1 aliphatic rings. The zero-order valence-electron chi connectivity index (χ0n) is 18.5. The van der Waals surface area contributed by atoms with Gasteiger partial charge in [-0.2, -0.15) is 0 Å². The number of hydrogen-bond acceptors (Lipinski definition) is 4. The summed E-state index contributed by atoms with van der Waals surface area (Å²) in [4.78, 5) is 17.4. The number of carbonyl (C=O) groups excluding carboxylic acids is 1. The molecule has 31 heavy (non-hydrogen) atoms. The highest BCUT2D eigenvalue weighted by atomic mass is 16.5. The fourth-order valence-electron chi connectivity index (χ4n) is 4.86. The second kappa shape index (κ2) is 9.12. The Kier molecular flexibility index (Phi) is 6.30. The quantitative estimate of drug-likeness (QED) is 0.600. The van der Waals surface area contributed by atoms with Gasteiger partial charge in [0.1, 0.15) is 5.75 Å². The Morgan fingerprint density at radius 2 is 2.00 bits per heavy atom. The van der Waals surface area contributed by atoms with Crippen LogP contribution in [0.1, 0.15) is 45.9 Å². The molecule has 1 saturated heterocycles. The van der Waals surface area contributed by atoms with E-state index in [1.165, 1.54) is 22.1 Å². The number of aromatic amines is 1. The second-order valence-corrected chi connectivity index (χ2v) is 8.46. The van der Waals surface area contributed by atoms with Crippen molar-refractivity contribution in [3.05, 3.63) is 64.8 Å². The minimum absolute atomic E-state index is 0.232. The predicted octanol–water partition coefficient (Wildman–Crippen LogP) is 4.18. The monoisotopic (exact) mass is 421 g/mol. The van der Waals surface area contributed by atoms with Gasteiger partial charge < -0.3 is 20.2 Å². The van der Waals surface area contributed by atoms with Crippen LogP contribution in [-0.4, -0.2) is 43.2 Å². The molecule has 1 aliphatic heterocycles. The van der Waals surface area contributed by atoms with E-state index in [0.717, 1.165) is 43.8 Å². The van der Waals surface area contributed by atoms with Crippen LogP contribution in [0.4, 0.5) is 0 Å². The van der Waals surface area contributed by atoms with Crippen molar-refractivity contribution in [3.63, 3.8) is 0 Å². The van der Waals surface area contributed by atoms with Crippen LogP contribution < -0.4 is 10.5 Å². The van der Waals surface area contributed by atoms with Gasteiger partial charge >= 0.3 is 0 Å². The van der Waals surface area contributed by atoms with Crippen molar-refractivity contribution < 1.29 is 14.3 Å². The number of hydrogen-bond donors (Lipinski definition) is 2. The van der Waals surface area contributed by atoms with Crippen molar-refractivity contribution in [1.29, 1.82) is 0 Å². The average molecular weight is 422 g/mol. The van der Waals surface area contributed by atoms with E-state index < -0.39 is 5.91 Å². The van der Waals surface area contributed by atoms with E-state index in [-0.39, 0.29) is 6.04 Å².